The molecule has 5 N–H and O–H groups in total. The molecule has 0 radical (unpaired) electrons. The highest BCUT2D eigenvalue weighted by Crippen LogP contribution is 2.28. The molecule has 23 heavy (non-hydrogen) atoms. The molecular weight excluding hydrogens is 316 g/mol. The summed E-state index contributed by atoms with van der Waals surface area (Å²) in [6, 6.07) is 3.45. The van der Waals surface area contributed by atoms with E-state index in [4.69, 9.17) is 21.2 Å². The molecule has 126 valence electrons. The van der Waals surface area contributed by atoms with Crippen LogP contribution in [0.4, 0.5) is 10.5 Å². The summed E-state index contributed by atoms with van der Waals surface area (Å²) in [7, 11) is 0. The van der Waals surface area contributed by atoms with E-state index in [0.29, 0.717) is 0 Å². The number of anilines is 1. The summed E-state index contributed by atoms with van der Waals surface area (Å²) >= 11 is 0. The van der Waals surface area contributed by atoms with Crippen molar-refractivity contribution in [1.82, 2.24) is 0 Å². The molecule has 0 spiro atoms. The fourth-order valence-corrected chi connectivity index (χ4v) is 1.49. The second-order valence-corrected chi connectivity index (χ2v) is 4.17. The van der Waals surface area contributed by atoms with Gasteiger partial charge in [0.05, 0.1) is 5.69 Å². The molecule has 0 aromatic heterocycles. The molecular formula is C12H13N2O9-. The van der Waals surface area contributed by atoms with E-state index in [1.165, 1.54) is 12.1 Å². The Morgan fingerprint density at radius 3 is 2.35 bits per heavy atom. The molecule has 0 fully saturated rings. The lowest BCUT2D eigenvalue weighted by molar-refractivity contribution is -0.149. The molecule has 1 aromatic carbocycles. The predicted molar refractivity (Wildman–Crippen MR) is 72.5 cm³/mol. The van der Waals surface area contributed by atoms with Crippen LogP contribution in [0.3, 0.4) is 0 Å². The normalized spacial score (nSPS) is 12.8. The number of nitrogens with two attached hydrogens (primary N) is 1. The summed E-state index contributed by atoms with van der Waals surface area (Å²) in [5.41, 5.74) is 4.34. The second kappa shape index (κ2) is 7.93. The van der Waals surface area contributed by atoms with Crippen LogP contribution >= 0.6 is 0 Å². The quantitative estimate of drug-likeness (QED) is 0.392. The van der Waals surface area contributed by atoms with Crippen molar-refractivity contribution in [2.24, 2.45) is 5.73 Å². The smallest absolute Gasteiger partial charge is 0.509 e. The Kier molecular flexibility index (Phi) is 6.26. The zero-order valence-electron chi connectivity index (χ0n) is 11.5. The molecule has 1 rings (SSSR count). The summed E-state index contributed by atoms with van der Waals surface area (Å²) in [5.74, 6) is -3.07. The average molecular weight is 329 g/mol. The molecule has 0 aliphatic rings. The van der Waals surface area contributed by atoms with Crippen molar-refractivity contribution in [2.45, 2.75) is 12.1 Å². The number of carbonyl (C=O) groups excluding carboxylic acids is 1. The van der Waals surface area contributed by atoms with Crippen LogP contribution < -0.4 is 11.0 Å². The van der Waals surface area contributed by atoms with Crippen molar-refractivity contribution in [2.75, 3.05) is 11.8 Å². The molecule has 1 aromatic rings. The first-order valence-corrected chi connectivity index (χ1v) is 6.03. The van der Waals surface area contributed by atoms with Crippen LogP contribution in [-0.4, -0.2) is 46.2 Å². The number of carboxylic acids is 2. The van der Waals surface area contributed by atoms with Gasteiger partial charge in [0.25, 0.3) is 0 Å². The van der Waals surface area contributed by atoms with Crippen LogP contribution in [-0.2, 0) is 19.1 Å². The number of rotatable bonds is 7. The fraction of sp³-hybridized carbons (Fsp3) is 0.250. The number of aliphatic carboxylic acids is 2. The molecule has 11 nitrogen and oxygen atoms in total. The van der Waals surface area contributed by atoms with Gasteiger partial charge in [0, 0.05) is 5.56 Å². The Morgan fingerprint density at radius 2 is 1.83 bits per heavy atom. The largest absolute Gasteiger partial charge is 0.733 e. The van der Waals surface area contributed by atoms with Crippen LogP contribution in [0, 0.1) is 5.21 Å². The highest BCUT2D eigenvalue weighted by molar-refractivity contribution is 5.80. The first-order chi connectivity index (χ1) is 10.7. The van der Waals surface area contributed by atoms with Gasteiger partial charge in [-0.15, -0.1) is 0 Å². The SMILES string of the molecule is N[C@@H](COC(=O)OC(C(=O)O)c1ccccc1N([O-])O)C(=O)O. The third kappa shape index (κ3) is 5.10. The van der Waals surface area contributed by atoms with Gasteiger partial charge in [-0.1, -0.05) is 18.2 Å². The lowest BCUT2D eigenvalue weighted by Gasteiger charge is -2.26. The van der Waals surface area contributed by atoms with E-state index in [9.17, 15) is 19.6 Å². The van der Waals surface area contributed by atoms with E-state index in [-0.39, 0.29) is 5.56 Å². The lowest BCUT2D eigenvalue weighted by Crippen LogP contribution is -2.36. The minimum atomic E-state index is -1.96. The van der Waals surface area contributed by atoms with Gasteiger partial charge in [0.2, 0.25) is 6.10 Å². The molecule has 0 aliphatic carbocycles. The van der Waals surface area contributed by atoms with Crippen molar-refractivity contribution in [3.63, 3.8) is 0 Å². The third-order valence-corrected chi connectivity index (χ3v) is 2.56. The first kappa shape index (κ1) is 18.2. The van der Waals surface area contributed by atoms with Gasteiger partial charge in [0.15, 0.2) is 0 Å². The maximum atomic E-state index is 11.4. The molecule has 0 saturated heterocycles. The van der Waals surface area contributed by atoms with Crippen molar-refractivity contribution in [3.05, 3.63) is 35.0 Å². The average Bonchev–Trinajstić information content (AvgIpc) is 2.49. The van der Waals surface area contributed by atoms with E-state index in [0.717, 1.165) is 12.1 Å². The van der Waals surface area contributed by atoms with Crippen LogP contribution in [0.1, 0.15) is 11.7 Å². The van der Waals surface area contributed by atoms with Gasteiger partial charge < -0.3 is 35.9 Å². The van der Waals surface area contributed by atoms with Crippen LogP contribution in [0.15, 0.2) is 24.3 Å². The number of ether oxygens (including phenoxy) is 2. The van der Waals surface area contributed by atoms with Crippen molar-refractivity contribution < 1.29 is 39.3 Å². The summed E-state index contributed by atoms with van der Waals surface area (Å²) in [4.78, 5) is 33.1. The fourth-order valence-electron chi connectivity index (χ4n) is 1.49. The summed E-state index contributed by atoms with van der Waals surface area (Å²) in [5, 5.41) is 37.0. The van der Waals surface area contributed by atoms with Crippen molar-refractivity contribution in [3.8, 4) is 0 Å². The van der Waals surface area contributed by atoms with E-state index < -0.39 is 47.8 Å². The van der Waals surface area contributed by atoms with E-state index in [1.807, 2.05) is 0 Å². The summed E-state index contributed by atoms with van der Waals surface area (Å²) in [6.07, 6.45) is -3.46. The van der Waals surface area contributed by atoms with Gasteiger partial charge in [0.1, 0.15) is 12.6 Å². The molecule has 0 aliphatic heterocycles. The minimum absolute atomic E-state index is 0.308. The number of carbonyl (C=O) groups is 3. The standard InChI is InChI=1S/C12H13N2O9/c13-7(10(15)16)5-22-12(19)23-9(11(17)18)6-3-1-2-4-8(6)14(20)21/h1-4,7,9,20H,5,13H2,(H,15,16)(H,17,18)/q-1/t7-,9?/m0/s1. The van der Waals surface area contributed by atoms with E-state index >= 15 is 0 Å². The highest BCUT2D eigenvalue weighted by atomic mass is 16.8. The van der Waals surface area contributed by atoms with Gasteiger partial charge in [-0.05, 0) is 6.07 Å². The minimum Gasteiger partial charge on any atom is -0.733 e. The highest BCUT2D eigenvalue weighted by Gasteiger charge is 2.28. The maximum Gasteiger partial charge on any atom is 0.509 e. The van der Waals surface area contributed by atoms with Crippen LogP contribution in [0.2, 0.25) is 0 Å². The topological polar surface area (TPSA) is 183 Å². The number of para-hydroxylation sites is 1. The van der Waals surface area contributed by atoms with Crippen LogP contribution in [0.25, 0.3) is 0 Å². The Morgan fingerprint density at radius 1 is 1.22 bits per heavy atom. The Hall–Kier alpha value is -2.89. The summed E-state index contributed by atoms with van der Waals surface area (Å²) < 4.78 is 8.92. The monoisotopic (exact) mass is 329 g/mol. The number of carboxylic acid groups (broad SMARTS) is 2. The Labute approximate surface area is 129 Å². The molecule has 1 unspecified atom stereocenters. The number of hydrogen-bond acceptors (Lipinski definition) is 9. The molecule has 0 bridgehead atoms. The number of benzene rings is 1. The number of hydrogen-bond donors (Lipinski definition) is 4. The zero-order chi connectivity index (χ0) is 17.6. The Balaban J connectivity index is 2.87. The lowest BCUT2D eigenvalue weighted by atomic mass is 10.1. The Bertz CT molecular complexity index is 590. The molecule has 2 atom stereocenters. The number of nitrogens with zero attached hydrogens (tertiary/aromatic N) is 1. The van der Waals surface area contributed by atoms with Gasteiger partial charge in [-0.2, -0.15) is 0 Å². The molecule has 0 heterocycles. The first-order valence-electron chi connectivity index (χ1n) is 6.03. The maximum absolute atomic E-state index is 11.4. The van der Waals surface area contributed by atoms with Crippen LogP contribution in [0.5, 0.6) is 0 Å². The van der Waals surface area contributed by atoms with Gasteiger partial charge in [-0.25, -0.2) is 9.59 Å². The van der Waals surface area contributed by atoms with E-state index in [1.54, 1.807) is 0 Å². The van der Waals surface area contributed by atoms with Gasteiger partial charge in [-0.3, -0.25) is 10.0 Å². The van der Waals surface area contributed by atoms with Crippen molar-refractivity contribution >= 4 is 23.8 Å². The molecule has 11 heteroatoms. The summed E-state index contributed by atoms with van der Waals surface area (Å²) in [6.45, 7) is -0.740. The van der Waals surface area contributed by atoms with Crippen molar-refractivity contribution in [1.29, 1.82) is 0 Å². The second-order valence-electron chi connectivity index (χ2n) is 4.17. The molecule has 0 amide bonds. The van der Waals surface area contributed by atoms with E-state index in [2.05, 4.69) is 9.47 Å². The third-order valence-electron chi connectivity index (χ3n) is 2.56. The zero-order valence-corrected chi connectivity index (χ0v) is 11.5. The molecule has 0 saturated carbocycles. The van der Waals surface area contributed by atoms with Gasteiger partial charge >= 0.3 is 18.1 Å². The predicted octanol–water partition coefficient (Wildman–Crippen LogP) is 0.0708.